The summed E-state index contributed by atoms with van der Waals surface area (Å²) in [5.74, 6) is -0.433. The Kier molecular flexibility index (Phi) is 5.17. The van der Waals surface area contributed by atoms with Gasteiger partial charge in [-0.15, -0.1) is 0 Å². The minimum absolute atomic E-state index is 0.0581. The quantitative estimate of drug-likeness (QED) is 0.577. The van der Waals surface area contributed by atoms with E-state index >= 15 is 0 Å². The van der Waals surface area contributed by atoms with Crippen LogP contribution in [0.1, 0.15) is 21.5 Å². The largest absolute Gasteiger partial charge is 0.294 e. The second-order valence-corrected chi connectivity index (χ2v) is 5.95. The van der Waals surface area contributed by atoms with Gasteiger partial charge in [-0.3, -0.25) is 4.79 Å². The average Bonchev–Trinajstić information content (AvgIpc) is 2.63. The van der Waals surface area contributed by atoms with Crippen LogP contribution in [-0.2, 0) is 12.8 Å². The Bertz CT molecular complexity index is 738. The molecule has 0 aliphatic rings. The Morgan fingerprint density at radius 3 is 1.62 bits per heavy atom. The third kappa shape index (κ3) is 4.17. The molecule has 1 nitrogen and oxygen atoms in total. The molecule has 0 N–H and O–H groups in total. The third-order valence-electron chi connectivity index (χ3n) is 4.15. The van der Waals surface area contributed by atoms with Gasteiger partial charge in [0.05, 0.1) is 0 Å². The van der Waals surface area contributed by atoms with Crippen LogP contribution in [0.4, 0.5) is 4.39 Å². The summed E-state index contributed by atoms with van der Waals surface area (Å²) in [5.41, 5.74) is 2.83. The van der Waals surface area contributed by atoms with Gasteiger partial charge in [0.25, 0.3) is 0 Å². The lowest BCUT2D eigenvalue weighted by Gasteiger charge is -2.16. The first-order valence-corrected chi connectivity index (χ1v) is 8.10. The highest BCUT2D eigenvalue weighted by molar-refractivity contribution is 5.98. The first-order valence-electron chi connectivity index (χ1n) is 8.10. The number of halogens is 1. The normalized spacial score (nSPS) is 10.8. The molecule has 0 heterocycles. The fourth-order valence-electron chi connectivity index (χ4n) is 2.90. The molecule has 2 heteroatoms. The van der Waals surface area contributed by atoms with Gasteiger partial charge < -0.3 is 0 Å². The molecule has 0 aromatic heterocycles. The van der Waals surface area contributed by atoms with Crippen LogP contribution in [-0.4, -0.2) is 5.78 Å². The lowest BCUT2D eigenvalue weighted by Crippen LogP contribution is -2.20. The van der Waals surface area contributed by atoms with Gasteiger partial charge in [0.15, 0.2) is 5.78 Å². The van der Waals surface area contributed by atoms with Crippen LogP contribution in [0.15, 0.2) is 84.9 Å². The van der Waals surface area contributed by atoms with Gasteiger partial charge in [-0.05, 0) is 48.2 Å². The second kappa shape index (κ2) is 7.69. The molecular formula is C22H19FO. The van der Waals surface area contributed by atoms with E-state index in [4.69, 9.17) is 0 Å². The maximum absolute atomic E-state index is 13.1. The van der Waals surface area contributed by atoms with Gasteiger partial charge in [-0.1, -0.05) is 60.7 Å². The maximum Gasteiger partial charge on any atom is 0.166 e. The summed E-state index contributed by atoms with van der Waals surface area (Å²) in [4.78, 5) is 12.9. The number of Topliss-reactive ketones (excluding diaryl/α,β-unsaturated/α-hetero) is 1. The van der Waals surface area contributed by atoms with Gasteiger partial charge >= 0.3 is 0 Å². The number of ketones is 1. The molecule has 0 aliphatic carbocycles. The van der Waals surface area contributed by atoms with Crippen molar-refractivity contribution in [1.82, 2.24) is 0 Å². The van der Waals surface area contributed by atoms with Gasteiger partial charge in [0.1, 0.15) is 5.82 Å². The summed E-state index contributed by atoms with van der Waals surface area (Å²) in [6, 6.07) is 25.8. The molecule has 0 radical (unpaired) electrons. The fourth-order valence-corrected chi connectivity index (χ4v) is 2.90. The van der Waals surface area contributed by atoms with Gasteiger partial charge in [0, 0.05) is 11.5 Å². The predicted octanol–water partition coefficient (Wildman–Crippen LogP) is 5.11. The molecule has 0 saturated heterocycles. The van der Waals surface area contributed by atoms with Gasteiger partial charge in [-0.2, -0.15) is 0 Å². The molecule has 120 valence electrons. The zero-order chi connectivity index (χ0) is 16.8. The number of hydrogen-bond acceptors (Lipinski definition) is 1. The van der Waals surface area contributed by atoms with Crippen molar-refractivity contribution in [2.45, 2.75) is 12.8 Å². The van der Waals surface area contributed by atoms with E-state index in [0.717, 1.165) is 11.1 Å². The first-order chi connectivity index (χ1) is 11.7. The van der Waals surface area contributed by atoms with E-state index < -0.39 is 0 Å². The topological polar surface area (TPSA) is 17.1 Å². The van der Waals surface area contributed by atoms with Crippen molar-refractivity contribution >= 4 is 5.78 Å². The summed E-state index contributed by atoms with van der Waals surface area (Å²) in [7, 11) is 0. The lowest BCUT2D eigenvalue weighted by atomic mass is 9.86. The molecule has 0 fully saturated rings. The minimum Gasteiger partial charge on any atom is -0.294 e. The van der Waals surface area contributed by atoms with Crippen molar-refractivity contribution in [3.05, 3.63) is 107 Å². The van der Waals surface area contributed by atoms with Crippen LogP contribution in [0.3, 0.4) is 0 Å². The van der Waals surface area contributed by atoms with Crippen molar-refractivity contribution in [3.63, 3.8) is 0 Å². The van der Waals surface area contributed by atoms with E-state index in [1.54, 1.807) is 12.1 Å². The third-order valence-corrected chi connectivity index (χ3v) is 4.15. The SMILES string of the molecule is O=C(c1ccc(F)cc1)C(Cc1ccccc1)Cc1ccccc1. The van der Waals surface area contributed by atoms with Gasteiger partial charge in [-0.25, -0.2) is 4.39 Å². The van der Waals surface area contributed by atoms with Crippen LogP contribution >= 0.6 is 0 Å². The van der Waals surface area contributed by atoms with E-state index in [2.05, 4.69) is 0 Å². The number of benzene rings is 3. The Morgan fingerprint density at radius 2 is 1.17 bits per heavy atom. The number of carbonyl (C=O) groups excluding carboxylic acids is 1. The van der Waals surface area contributed by atoms with Crippen molar-refractivity contribution in [3.8, 4) is 0 Å². The Hall–Kier alpha value is -2.74. The monoisotopic (exact) mass is 318 g/mol. The predicted molar refractivity (Wildman–Crippen MR) is 94.5 cm³/mol. The van der Waals surface area contributed by atoms with E-state index in [9.17, 15) is 9.18 Å². The second-order valence-electron chi connectivity index (χ2n) is 5.95. The van der Waals surface area contributed by atoms with E-state index in [1.807, 2.05) is 60.7 Å². The van der Waals surface area contributed by atoms with E-state index in [-0.39, 0.29) is 17.5 Å². The van der Waals surface area contributed by atoms with Crippen LogP contribution in [0.25, 0.3) is 0 Å². The Balaban J connectivity index is 1.85. The standard InChI is InChI=1S/C22H19FO/c23-21-13-11-19(12-14-21)22(24)20(15-17-7-3-1-4-8-17)16-18-9-5-2-6-10-18/h1-14,20H,15-16H2. The first kappa shape index (κ1) is 16.1. The van der Waals surface area contributed by atoms with Crippen molar-refractivity contribution < 1.29 is 9.18 Å². The molecule has 24 heavy (non-hydrogen) atoms. The fraction of sp³-hybridized carbons (Fsp3) is 0.136. The van der Waals surface area contributed by atoms with E-state index in [1.165, 1.54) is 12.1 Å². The van der Waals surface area contributed by atoms with Crippen LogP contribution in [0, 0.1) is 11.7 Å². The molecule has 0 aliphatic heterocycles. The van der Waals surface area contributed by atoms with Crippen molar-refractivity contribution in [2.24, 2.45) is 5.92 Å². The van der Waals surface area contributed by atoms with Crippen molar-refractivity contribution in [1.29, 1.82) is 0 Å². The zero-order valence-corrected chi connectivity index (χ0v) is 13.4. The summed E-state index contributed by atoms with van der Waals surface area (Å²) in [6.07, 6.45) is 1.35. The number of rotatable bonds is 6. The summed E-state index contributed by atoms with van der Waals surface area (Å²) < 4.78 is 13.1. The highest BCUT2D eigenvalue weighted by Gasteiger charge is 2.21. The molecule has 0 atom stereocenters. The summed E-state index contributed by atoms with van der Waals surface area (Å²) >= 11 is 0. The molecule has 0 saturated carbocycles. The molecule has 0 unspecified atom stereocenters. The van der Waals surface area contributed by atoms with Crippen LogP contribution in [0.5, 0.6) is 0 Å². The van der Waals surface area contributed by atoms with Crippen LogP contribution < -0.4 is 0 Å². The molecule has 0 bridgehead atoms. The van der Waals surface area contributed by atoms with Gasteiger partial charge in [0.2, 0.25) is 0 Å². The number of hydrogen-bond donors (Lipinski definition) is 0. The smallest absolute Gasteiger partial charge is 0.166 e. The summed E-state index contributed by atoms with van der Waals surface area (Å²) in [6.45, 7) is 0. The van der Waals surface area contributed by atoms with Crippen molar-refractivity contribution in [2.75, 3.05) is 0 Å². The average molecular weight is 318 g/mol. The Morgan fingerprint density at radius 1 is 0.708 bits per heavy atom. The minimum atomic E-state index is -0.325. The molecule has 3 aromatic carbocycles. The van der Waals surface area contributed by atoms with Crippen LogP contribution in [0.2, 0.25) is 0 Å². The highest BCUT2D eigenvalue weighted by atomic mass is 19.1. The molecule has 3 rings (SSSR count). The molecular weight excluding hydrogens is 299 g/mol. The molecule has 0 amide bonds. The lowest BCUT2D eigenvalue weighted by molar-refractivity contribution is 0.0918. The molecule has 3 aromatic rings. The zero-order valence-electron chi connectivity index (χ0n) is 13.4. The maximum atomic E-state index is 13.1. The number of carbonyl (C=O) groups is 1. The Labute approximate surface area is 141 Å². The highest BCUT2D eigenvalue weighted by Crippen LogP contribution is 2.20. The summed E-state index contributed by atoms with van der Waals surface area (Å²) in [5, 5.41) is 0. The molecule has 0 spiro atoms. The van der Waals surface area contributed by atoms with E-state index in [0.29, 0.717) is 18.4 Å².